The predicted molar refractivity (Wildman–Crippen MR) is 97.5 cm³/mol. The van der Waals surface area contributed by atoms with Gasteiger partial charge in [-0.15, -0.1) is 0 Å². The zero-order chi connectivity index (χ0) is 16.2. The summed E-state index contributed by atoms with van der Waals surface area (Å²) in [5, 5.41) is 0. The lowest BCUT2D eigenvalue weighted by molar-refractivity contribution is 0.114. The Morgan fingerprint density at radius 1 is 0.958 bits per heavy atom. The normalized spacial score (nSPS) is 23.3. The zero-order valence-electron chi connectivity index (χ0n) is 15.0. The van der Waals surface area contributed by atoms with Crippen molar-refractivity contribution in [2.24, 2.45) is 5.92 Å². The molecule has 4 rings (SSSR count). The van der Waals surface area contributed by atoms with E-state index in [1.165, 1.54) is 88.7 Å². The van der Waals surface area contributed by atoms with Crippen LogP contribution < -0.4 is 4.74 Å². The number of hydrogen-bond donors (Lipinski definition) is 0. The third kappa shape index (κ3) is 4.11. The van der Waals surface area contributed by atoms with E-state index in [0.717, 1.165) is 24.6 Å². The summed E-state index contributed by atoms with van der Waals surface area (Å²) in [6.45, 7) is 3.65. The van der Waals surface area contributed by atoms with Crippen molar-refractivity contribution < 1.29 is 4.74 Å². The molecule has 3 heteroatoms. The number of aromatic nitrogens is 1. The van der Waals surface area contributed by atoms with Crippen molar-refractivity contribution in [1.29, 1.82) is 0 Å². The van der Waals surface area contributed by atoms with Crippen molar-refractivity contribution in [1.82, 2.24) is 9.88 Å². The van der Waals surface area contributed by atoms with Crippen LogP contribution in [0.4, 0.5) is 0 Å². The first-order valence-corrected chi connectivity index (χ1v) is 10.2. The second-order valence-electron chi connectivity index (χ2n) is 8.06. The molecular formula is C21H32N2O. The topological polar surface area (TPSA) is 25.4 Å². The van der Waals surface area contributed by atoms with E-state index >= 15 is 0 Å². The van der Waals surface area contributed by atoms with Gasteiger partial charge in [0.15, 0.2) is 0 Å². The fourth-order valence-electron chi connectivity index (χ4n) is 4.40. The number of ether oxygens (including phenoxy) is 1. The van der Waals surface area contributed by atoms with E-state index in [1.807, 2.05) is 0 Å². The van der Waals surface area contributed by atoms with Gasteiger partial charge in [0.2, 0.25) is 5.88 Å². The van der Waals surface area contributed by atoms with Crippen LogP contribution in [-0.2, 0) is 12.8 Å². The largest absolute Gasteiger partial charge is 0.474 e. The maximum atomic E-state index is 5.99. The molecule has 0 atom stereocenters. The van der Waals surface area contributed by atoms with E-state index in [9.17, 15) is 0 Å². The van der Waals surface area contributed by atoms with Crippen molar-refractivity contribution in [3.8, 4) is 5.88 Å². The van der Waals surface area contributed by atoms with Crippen molar-refractivity contribution in [2.75, 3.05) is 19.6 Å². The van der Waals surface area contributed by atoms with Gasteiger partial charge in [0, 0.05) is 31.3 Å². The maximum Gasteiger partial charge on any atom is 0.213 e. The van der Waals surface area contributed by atoms with E-state index in [1.54, 1.807) is 0 Å². The van der Waals surface area contributed by atoms with E-state index in [2.05, 4.69) is 17.0 Å². The van der Waals surface area contributed by atoms with Crippen molar-refractivity contribution in [3.05, 3.63) is 23.4 Å². The van der Waals surface area contributed by atoms with Gasteiger partial charge in [-0.3, -0.25) is 0 Å². The Morgan fingerprint density at radius 2 is 1.79 bits per heavy atom. The van der Waals surface area contributed by atoms with Crippen LogP contribution in [0, 0.1) is 5.92 Å². The zero-order valence-corrected chi connectivity index (χ0v) is 15.0. The molecule has 2 heterocycles. The molecule has 0 radical (unpaired) electrons. The van der Waals surface area contributed by atoms with Crippen molar-refractivity contribution in [2.45, 2.75) is 76.7 Å². The van der Waals surface area contributed by atoms with Gasteiger partial charge < -0.3 is 9.64 Å². The minimum absolute atomic E-state index is 0.424. The van der Waals surface area contributed by atoms with Gasteiger partial charge in [0.05, 0.1) is 0 Å². The number of fused-ring (bicyclic) bond motifs is 1. The van der Waals surface area contributed by atoms with Crippen molar-refractivity contribution in [3.63, 3.8) is 0 Å². The quantitative estimate of drug-likeness (QED) is 0.802. The van der Waals surface area contributed by atoms with Crippen LogP contribution in [0.25, 0.3) is 0 Å². The van der Waals surface area contributed by atoms with Gasteiger partial charge in [-0.2, -0.15) is 0 Å². The fourth-order valence-corrected chi connectivity index (χ4v) is 4.40. The molecular weight excluding hydrogens is 296 g/mol. The van der Waals surface area contributed by atoms with Crippen LogP contribution in [0.5, 0.6) is 5.88 Å². The van der Waals surface area contributed by atoms with Gasteiger partial charge in [0.1, 0.15) is 6.10 Å². The van der Waals surface area contributed by atoms with E-state index < -0.39 is 0 Å². The molecule has 0 spiro atoms. The molecule has 2 aliphatic carbocycles. The Labute approximate surface area is 146 Å². The Balaban J connectivity index is 1.29. The fraction of sp³-hybridized carbons (Fsp3) is 0.762. The summed E-state index contributed by atoms with van der Waals surface area (Å²) >= 11 is 0. The second kappa shape index (κ2) is 7.86. The van der Waals surface area contributed by atoms with Crippen LogP contribution in [0.2, 0.25) is 0 Å². The summed E-state index contributed by atoms with van der Waals surface area (Å²) in [5.41, 5.74) is 2.73. The molecule has 0 saturated heterocycles. The molecule has 3 aliphatic rings. The Hall–Kier alpha value is -1.09. The van der Waals surface area contributed by atoms with E-state index in [-0.39, 0.29) is 0 Å². The Morgan fingerprint density at radius 3 is 2.58 bits per heavy atom. The minimum Gasteiger partial charge on any atom is -0.474 e. The number of nitrogens with zero attached hydrogens (tertiary/aromatic N) is 2. The van der Waals surface area contributed by atoms with Crippen LogP contribution in [0.1, 0.15) is 69.0 Å². The smallest absolute Gasteiger partial charge is 0.213 e. The first kappa shape index (κ1) is 16.4. The monoisotopic (exact) mass is 328 g/mol. The lowest BCUT2D eigenvalue weighted by Gasteiger charge is -2.26. The summed E-state index contributed by atoms with van der Waals surface area (Å²) in [6.07, 6.45) is 15.1. The van der Waals surface area contributed by atoms with Gasteiger partial charge in [-0.05, 0) is 50.1 Å². The molecule has 2 fully saturated rings. The molecule has 0 bridgehead atoms. The van der Waals surface area contributed by atoms with Crippen LogP contribution in [0.3, 0.4) is 0 Å². The number of rotatable bonds is 5. The summed E-state index contributed by atoms with van der Waals surface area (Å²) in [5.74, 6) is 1.85. The molecule has 0 amide bonds. The van der Waals surface area contributed by atoms with Gasteiger partial charge in [0.25, 0.3) is 0 Å². The first-order valence-electron chi connectivity index (χ1n) is 10.2. The first-order chi connectivity index (χ1) is 11.9. The molecule has 1 aromatic heterocycles. The van der Waals surface area contributed by atoms with Gasteiger partial charge in [-0.25, -0.2) is 4.98 Å². The molecule has 1 aliphatic heterocycles. The number of hydrogen-bond acceptors (Lipinski definition) is 3. The van der Waals surface area contributed by atoms with Gasteiger partial charge >= 0.3 is 0 Å². The summed E-state index contributed by atoms with van der Waals surface area (Å²) in [6, 6.07) is 4.36. The molecule has 24 heavy (non-hydrogen) atoms. The highest BCUT2D eigenvalue weighted by atomic mass is 16.5. The highest BCUT2D eigenvalue weighted by Crippen LogP contribution is 2.28. The summed E-state index contributed by atoms with van der Waals surface area (Å²) in [7, 11) is 0. The van der Waals surface area contributed by atoms with E-state index in [4.69, 9.17) is 9.72 Å². The molecule has 2 saturated carbocycles. The average molecular weight is 329 g/mol. The maximum absolute atomic E-state index is 5.99. The molecule has 0 N–H and O–H groups in total. The Bertz CT molecular complexity index is 535. The molecule has 0 unspecified atom stereocenters. The number of pyridine rings is 1. The molecule has 3 nitrogen and oxygen atoms in total. The van der Waals surface area contributed by atoms with Crippen molar-refractivity contribution >= 4 is 0 Å². The lowest BCUT2D eigenvalue weighted by Crippen LogP contribution is -2.29. The average Bonchev–Trinajstić information content (AvgIpc) is 2.79. The van der Waals surface area contributed by atoms with E-state index in [0.29, 0.717) is 6.10 Å². The minimum atomic E-state index is 0.424. The highest BCUT2D eigenvalue weighted by molar-refractivity contribution is 5.27. The van der Waals surface area contributed by atoms with Crippen LogP contribution >= 0.6 is 0 Å². The molecule has 0 aromatic carbocycles. The summed E-state index contributed by atoms with van der Waals surface area (Å²) in [4.78, 5) is 7.50. The molecule has 132 valence electrons. The third-order valence-electron chi connectivity index (χ3n) is 6.32. The summed E-state index contributed by atoms with van der Waals surface area (Å²) < 4.78 is 5.99. The van der Waals surface area contributed by atoms with Crippen LogP contribution in [-0.4, -0.2) is 35.6 Å². The lowest BCUT2D eigenvalue weighted by atomic mass is 9.87. The third-order valence-corrected chi connectivity index (χ3v) is 6.32. The SMILES string of the molecule is c1cc2c(nc1OC1CCC1)CCN(CCC1CCCCC1)CC2. The standard InChI is InChI=1S/C21H32N2O/c1-2-5-17(6-3-1)11-14-23-15-12-18-9-10-21(22-20(18)13-16-23)24-19-7-4-8-19/h9-10,17,19H,1-8,11-16H2. The highest BCUT2D eigenvalue weighted by Gasteiger charge is 2.21. The second-order valence-corrected chi connectivity index (χ2v) is 8.06. The predicted octanol–water partition coefficient (Wildman–Crippen LogP) is 4.38. The van der Waals surface area contributed by atoms with Gasteiger partial charge in [-0.1, -0.05) is 38.2 Å². The molecule has 1 aromatic rings. The Kier molecular flexibility index (Phi) is 5.37. The van der Waals surface area contributed by atoms with Crippen LogP contribution in [0.15, 0.2) is 12.1 Å².